The first-order valence-corrected chi connectivity index (χ1v) is 10.5. The molecule has 2 fully saturated rings. The Hall–Kier alpha value is -2.04. The van der Waals surface area contributed by atoms with Crippen molar-refractivity contribution in [1.82, 2.24) is 10.2 Å². The number of hydrogen-bond acceptors (Lipinski definition) is 3. The van der Waals surface area contributed by atoms with Crippen LogP contribution < -0.4 is 11.1 Å². The van der Waals surface area contributed by atoms with E-state index in [2.05, 4.69) is 10.2 Å². The summed E-state index contributed by atoms with van der Waals surface area (Å²) in [5, 5.41) is 2.95. The van der Waals surface area contributed by atoms with E-state index in [1.807, 2.05) is 24.3 Å². The number of rotatable bonds is 7. The van der Waals surface area contributed by atoms with Gasteiger partial charge in [-0.25, -0.2) is 0 Å². The number of amides is 2. The van der Waals surface area contributed by atoms with Gasteiger partial charge in [0.05, 0.1) is 0 Å². The third kappa shape index (κ3) is 5.72. The van der Waals surface area contributed by atoms with Gasteiger partial charge >= 0.3 is 0 Å². The Morgan fingerprint density at radius 2 is 1.78 bits per heavy atom. The largest absolute Gasteiger partial charge is 0.399 e. The predicted molar refractivity (Wildman–Crippen MR) is 108 cm³/mol. The number of hydrogen-bond donors (Lipinski definition) is 2. The van der Waals surface area contributed by atoms with Gasteiger partial charge in [0.25, 0.3) is 0 Å². The summed E-state index contributed by atoms with van der Waals surface area (Å²) in [7, 11) is 0. The molecule has 1 aliphatic heterocycles. The second kappa shape index (κ2) is 9.77. The third-order valence-corrected chi connectivity index (χ3v) is 6.07. The lowest BCUT2D eigenvalue weighted by atomic mass is 9.78. The van der Waals surface area contributed by atoms with Gasteiger partial charge in [-0.3, -0.25) is 9.59 Å². The molecule has 148 valence electrons. The van der Waals surface area contributed by atoms with Crippen LogP contribution in [0, 0.1) is 5.92 Å². The van der Waals surface area contributed by atoms with Crippen LogP contribution in [0.1, 0.15) is 63.4 Å². The minimum absolute atomic E-state index is 0.0347. The molecular formula is C22H33N3O2. The monoisotopic (exact) mass is 371 g/mol. The summed E-state index contributed by atoms with van der Waals surface area (Å²) in [6.07, 6.45) is 9.80. The fraction of sp³-hybridized carbons (Fsp3) is 0.636. The maximum atomic E-state index is 12.6. The number of piperidine rings is 1. The summed E-state index contributed by atoms with van der Waals surface area (Å²) >= 11 is 0. The maximum Gasteiger partial charge on any atom is 0.222 e. The molecule has 1 aromatic rings. The maximum absolute atomic E-state index is 12.6. The Morgan fingerprint density at radius 1 is 1.04 bits per heavy atom. The van der Waals surface area contributed by atoms with Gasteiger partial charge in [0.2, 0.25) is 11.8 Å². The fourth-order valence-corrected chi connectivity index (χ4v) is 4.60. The van der Waals surface area contributed by atoms with Crippen molar-refractivity contribution < 1.29 is 9.59 Å². The summed E-state index contributed by atoms with van der Waals surface area (Å²) in [6.45, 7) is 1.53. The number of carbonyl (C=O) groups is 2. The van der Waals surface area contributed by atoms with E-state index in [1.54, 1.807) is 0 Å². The van der Waals surface area contributed by atoms with Crippen LogP contribution in [0.2, 0.25) is 0 Å². The Morgan fingerprint density at radius 3 is 2.59 bits per heavy atom. The van der Waals surface area contributed by atoms with Crippen LogP contribution >= 0.6 is 0 Å². The van der Waals surface area contributed by atoms with E-state index < -0.39 is 0 Å². The van der Waals surface area contributed by atoms with Crippen molar-refractivity contribution in [3.05, 3.63) is 29.8 Å². The summed E-state index contributed by atoms with van der Waals surface area (Å²) < 4.78 is 0. The number of fused-ring (bicyclic) bond motifs is 1. The van der Waals surface area contributed by atoms with Crippen molar-refractivity contribution in [1.29, 1.82) is 0 Å². The molecule has 2 unspecified atom stereocenters. The first kappa shape index (κ1) is 19.7. The molecule has 5 nitrogen and oxygen atoms in total. The predicted octanol–water partition coefficient (Wildman–Crippen LogP) is 3.28. The molecule has 3 N–H and O–H groups in total. The van der Waals surface area contributed by atoms with Crippen LogP contribution in [0.5, 0.6) is 0 Å². The van der Waals surface area contributed by atoms with Gasteiger partial charge in [-0.1, -0.05) is 25.0 Å². The van der Waals surface area contributed by atoms with Crippen molar-refractivity contribution in [2.45, 2.75) is 70.3 Å². The molecule has 0 aromatic heterocycles. The van der Waals surface area contributed by atoms with Crippen molar-refractivity contribution in [2.75, 3.05) is 18.8 Å². The second-order valence-electron chi connectivity index (χ2n) is 8.04. The average molecular weight is 372 g/mol. The molecule has 0 bridgehead atoms. The average Bonchev–Trinajstić information content (AvgIpc) is 2.69. The van der Waals surface area contributed by atoms with E-state index in [9.17, 15) is 9.59 Å². The minimum Gasteiger partial charge on any atom is -0.399 e. The third-order valence-electron chi connectivity index (χ3n) is 6.07. The van der Waals surface area contributed by atoms with Gasteiger partial charge in [0.1, 0.15) is 0 Å². The molecule has 3 rings (SSSR count). The lowest BCUT2D eigenvalue weighted by Gasteiger charge is -2.44. The zero-order valence-electron chi connectivity index (χ0n) is 16.3. The van der Waals surface area contributed by atoms with Gasteiger partial charge in [0, 0.05) is 37.7 Å². The number of nitrogens with zero attached hydrogens (tertiary/aromatic N) is 1. The first-order valence-electron chi connectivity index (χ1n) is 10.5. The number of nitrogens with two attached hydrogens (primary N) is 1. The van der Waals surface area contributed by atoms with Crippen molar-refractivity contribution in [2.24, 2.45) is 5.92 Å². The van der Waals surface area contributed by atoms with E-state index in [-0.39, 0.29) is 11.8 Å². The molecule has 1 saturated heterocycles. The molecule has 2 amide bonds. The van der Waals surface area contributed by atoms with Crippen LogP contribution in [-0.4, -0.2) is 35.8 Å². The van der Waals surface area contributed by atoms with E-state index in [1.165, 1.54) is 32.1 Å². The van der Waals surface area contributed by atoms with Crippen molar-refractivity contribution >= 4 is 17.5 Å². The van der Waals surface area contributed by atoms with Crippen LogP contribution in [0.25, 0.3) is 0 Å². The zero-order valence-corrected chi connectivity index (χ0v) is 16.3. The van der Waals surface area contributed by atoms with Gasteiger partial charge in [-0.2, -0.15) is 0 Å². The molecule has 2 aliphatic rings. The van der Waals surface area contributed by atoms with E-state index in [0.29, 0.717) is 37.8 Å². The summed E-state index contributed by atoms with van der Waals surface area (Å²) in [6, 6.07) is 8.18. The minimum atomic E-state index is 0.0347. The number of nitrogens with one attached hydrogen (secondary N) is 1. The Balaban J connectivity index is 1.33. The Bertz CT molecular complexity index is 627. The lowest BCUT2D eigenvalue weighted by Crippen LogP contribution is -2.49. The first-order chi connectivity index (χ1) is 13.1. The Labute approximate surface area is 162 Å². The summed E-state index contributed by atoms with van der Waals surface area (Å²) in [4.78, 5) is 26.8. The number of nitrogen functional groups attached to an aromatic ring is 1. The smallest absolute Gasteiger partial charge is 0.222 e. The fourth-order valence-electron chi connectivity index (χ4n) is 4.60. The van der Waals surface area contributed by atoms with Crippen molar-refractivity contribution in [3.63, 3.8) is 0 Å². The number of anilines is 1. The van der Waals surface area contributed by atoms with Gasteiger partial charge in [-0.15, -0.1) is 0 Å². The molecule has 0 spiro atoms. The van der Waals surface area contributed by atoms with Crippen molar-refractivity contribution in [3.8, 4) is 0 Å². The quantitative estimate of drug-likeness (QED) is 0.722. The molecule has 1 heterocycles. The number of likely N-dealkylation sites (tertiary alicyclic amines) is 1. The molecular weight excluding hydrogens is 338 g/mol. The zero-order chi connectivity index (χ0) is 19.1. The number of carbonyl (C=O) groups excluding carboxylic acids is 2. The molecule has 2 atom stereocenters. The van der Waals surface area contributed by atoms with E-state index in [0.717, 1.165) is 30.6 Å². The number of benzene rings is 1. The highest BCUT2D eigenvalue weighted by Gasteiger charge is 2.35. The highest BCUT2D eigenvalue weighted by molar-refractivity contribution is 5.79. The lowest BCUT2D eigenvalue weighted by molar-refractivity contribution is -0.137. The topological polar surface area (TPSA) is 75.4 Å². The normalized spacial score (nSPS) is 22.1. The SMILES string of the molecule is Nc1ccc(CCNC(=O)CCCC(=O)N2CCCC3CCCCC32)cc1. The van der Waals surface area contributed by atoms with Gasteiger partial charge in [-0.05, 0) is 62.1 Å². The second-order valence-corrected chi connectivity index (χ2v) is 8.04. The Kier molecular flexibility index (Phi) is 7.13. The highest BCUT2D eigenvalue weighted by atomic mass is 16.2. The van der Waals surface area contributed by atoms with Gasteiger partial charge < -0.3 is 16.0 Å². The molecule has 0 radical (unpaired) electrons. The van der Waals surface area contributed by atoms with Crippen LogP contribution in [0.4, 0.5) is 5.69 Å². The highest BCUT2D eigenvalue weighted by Crippen LogP contribution is 2.35. The van der Waals surface area contributed by atoms with E-state index >= 15 is 0 Å². The van der Waals surface area contributed by atoms with Crippen LogP contribution in [0.15, 0.2) is 24.3 Å². The summed E-state index contributed by atoms with van der Waals surface area (Å²) in [5.74, 6) is 1.00. The molecule has 5 heteroatoms. The van der Waals surface area contributed by atoms with Crippen LogP contribution in [-0.2, 0) is 16.0 Å². The molecule has 1 aliphatic carbocycles. The van der Waals surface area contributed by atoms with Gasteiger partial charge in [0.15, 0.2) is 0 Å². The summed E-state index contributed by atoms with van der Waals surface area (Å²) in [5.41, 5.74) is 7.58. The standard InChI is InChI=1S/C22H33N3O2/c23-19-12-10-17(11-13-19)14-15-24-21(26)8-3-9-22(27)25-16-4-6-18-5-1-2-7-20(18)25/h10-13,18,20H,1-9,14-16,23H2,(H,24,26). The van der Waals surface area contributed by atoms with E-state index in [4.69, 9.17) is 5.73 Å². The van der Waals surface area contributed by atoms with Crippen LogP contribution in [0.3, 0.4) is 0 Å². The molecule has 1 saturated carbocycles. The molecule has 27 heavy (non-hydrogen) atoms. The molecule has 1 aromatic carbocycles.